The summed E-state index contributed by atoms with van der Waals surface area (Å²) in [6.45, 7) is 6.18. The van der Waals surface area contributed by atoms with Gasteiger partial charge in [0.15, 0.2) is 0 Å². The Balaban J connectivity index is 3.56. The second-order valence-electron chi connectivity index (χ2n) is 3.61. The molecule has 0 aromatic heterocycles. The minimum atomic E-state index is -0.708. The van der Waals surface area contributed by atoms with Gasteiger partial charge in [-0.1, -0.05) is 32.9 Å². The highest BCUT2D eigenvalue weighted by atomic mass is 16.4. The lowest BCUT2D eigenvalue weighted by Gasteiger charge is -2.03. The number of rotatable bonds is 5. The molecule has 70 valence electrons. The SMILES string of the molecule is CC(C)/C=C\CC(C)CC(=O)O. The van der Waals surface area contributed by atoms with Crippen molar-refractivity contribution in [2.24, 2.45) is 11.8 Å². The molecule has 0 amide bonds. The average molecular weight is 170 g/mol. The van der Waals surface area contributed by atoms with Crippen LogP contribution in [0.1, 0.15) is 33.6 Å². The van der Waals surface area contributed by atoms with Crippen LogP contribution in [0.15, 0.2) is 12.2 Å². The number of carboxylic acid groups (broad SMARTS) is 1. The van der Waals surface area contributed by atoms with Gasteiger partial charge in [0, 0.05) is 6.42 Å². The van der Waals surface area contributed by atoms with Gasteiger partial charge in [-0.05, 0) is 18.3 Å². The van der Waals surface area contributed by atoms with Gasteiger partial charge in [-0.2, -0.15) is 0 Å². The molecular weight excluding hydrogens is 152 g/mol. The first kappa shape index (κ1) is 11.2. The largest absolute Gasteiger partial charge is 0.481 e. The highest BCUT2D eigenvalue weighted by molar-refractivity contribution is 5.66. The molecule has 0 spiro atoms. The first-order chi connectivity index (χ1) is 5.52. The van der Waals surface area contributed by atoms with Crippen LogP contribution in [0.4, 0.5) is 0 Å². The van der Waals surface area contributed by atoms with Gasteiger partial charge in [-0.25, -0.2) is 0 Å². The molecule has 0 saturated heterocycles. The van der Waals surface area contributed by atoms with Crippen molar-refractivity contribution in [2.75, 3.05) is 0 Å². The lowest BCUT2D eigenvalue weighted by Crippen LogP contribution is -2.02. The molecule has 0 aliphatic rings. The topological polar surface area (TPSA) is 37.3 Å². The minimum Gasteiger partial charge on any atom is -0.481 e. The first-order valence-electron chi connectivity index (χ1n) is 4.40. The lowest BCUT2D eigenvalue weighted by molar-refractivity contribution is -0.137. The monoisotopic (exact) mass is 170 g/mol. The Morgan fingerprint density at radius 1 is 1.42 bits per heavy atom. The van der Waals surface area contributed by atoms with Crippen molar-refractivity contribution in [1.29, 1.82) is 0 Å². The Hall–Kier alpha value is -0.790. The number of aliphatic carboxylic acids is 1. The highest BCUT2D eigenvalue weighted by Gasteiger charge is 2.04. The molecule has 1 unspecified atom stereocenters. The molecule has 2 nitrogen and oxygen atoms in total. The fraction of sp³-hybridized carbons (Fsp3) is 0.700. The number of carbonyl (C=O) groups is 1. The van der Waals surface area contributed by atoms with Crippen LogP contribution in [-0.4, -0.2) is 11.1 Å². The maximum absolute atomic E-state index is 10.3. The summed E-state index contributed by atoms with van der Waals surface area (Å²) < 4.78 is 0. The van der Waals surface area contributed by atoms with Crippen LogP contribution in [0, 0.1) is 11.8 Å². The standard InChI is InChI=1S/C10H18O2/c1-8(2)5-4-6-9(3)7-10(11)12/h4-5,8-9H,6-7H2,1-3H3,(H,11,12)/b5-4-. The second-order valence-corrected chi connectivity index (χ2v) is 3.61. The Kier molecular flexibility index (Phi) is 5.43. The molecule has 1 atom stereocenters. The van der Waals surface area contributed by atoms with Crippen LogP contribution in [0.25, 0.3) is 0 Å². The number of carboxylic acids is 1. The quantitative estimate of drug-likeness (QED) is 0.644. The summed E-state index contributed by atoms with van der Waals surface area (Å²) in [6.07, 6.45) is 5.31. The van der Waals surface area contributed by atoms with E-state index in [1.165, 1.54) is 0 Å². The summed E-state index contributed by atoms with van der Waals surface area (Å²) >= 11 is 0. The predicted molar refractivity (Wildman–Crippen MR) is 50.0 cm³/mol. The molecule has 0 aromatic rings. The summed E-state index contributed by atoms with van der Waals surface area (Å²) in [5.74, 6) is 0.0972. The zero-order chi connectivity index (χ0) is 9.56. The third-order valence-corrected chi connectivity index (χ3v) is 1.58. The fourth-order valence-corrected chi connectivity index (χ4v) is 0.964. The van der Waals surface area contributed by atoms with E-state index in [0.29, 0.717) is 5.92 Å². The van der Waals surface area contributed by atoms with Gasteiger partial charge in [0.2, 0.25) is 0 Å². The van der Waals surface area contributed by atoms with Crippen molar-refractivity contribution in [2.45, 2.75) is 33.6 Å². The molecule has 1 N–H and O–H groups in total. The maximum Gasteiger partial charge on any atom is 0.303 e. The van der Waals surface area contributed by atoms with E-state index in [1.807, 2.05) is 6.92 Å². The molecule has 2 heteroatoms. The van der Waals surface area contributed by atoms with Gasteiger partial charge in [-0.15, -0.1) is 0 Å². The van der Waals surface area contributed by atoms with E-state index >= 15 is 0 Å². The highest BCUT2D eigenvalue weighted by Crippen LogP contribution is 2.08. The molecule has 0 rings (SSSR count). The molecule has 0 aromatic carbocycles. The Bertz CT molecular complexity index is 159. The van der Waals surface area contributed by atoms with Gasteiger partial charge in [0.05, 0.1) is 0 Å². The van der Waals surface area contributed by atoms with Gasteiger partial charge in [0.25, 0.3) is 0 Å². The number of hydrogen-bond donors (Lipinski definition) is 1. The third-order valence-electron chi connectivity index (χ3n) is 1.58. The minimum absolute atomic E-state index is 0.248. The van der Waals surface area contributed by atoms with E-state index in [2.05, 4.69) is 26.0 Å². The second kappa shape index (κ2) is 5.81. The summed E-state index contributed by atoms with van der Waals surface area (Å²) in [7, 11) is 0. The molecule has 0 aliphatic heterocycles. The van der Waals surface area contributed by atoms with Gasteiger partial charge < -0.3 is 5.11 Å². The van der Waals surface area contributed by atoms with Crippen molar-refractivity contribution in [3.63, 3.8) is 0 Å². The van der Waals surface area contributed by atoms with Gasteiger partial charge in [0.1, 0.15) is 0 Å². The Morgan fingerprint density at radius 3 is 2.42 bits per heavy atom. The van der Waals surface area contributed by atoms with Crippen molar-refractivity contribution in [3.05, 3.63) is 12.2 Å². The Labute approximate surface area is 74.3 Å². The smallest absolute Gasteiger partial charge is 0.303 e. The molecule has 12 heavy (non-hydrogen) atoms. The average Bonchev–Trinajstić information content (AvgIpc) is 1.84. The first-order valence-corrected chi connectivity index (χ1v) is 4.40. The van der Waals surface area contributed by atoms with E-state index in [-0.39, 0.29) is 12.3 Å². The Morgan fingerprint density at radius 2 is 2.00 bits per heavy atom. The van der Waals surface area contributed by atoms with Crippen LogP contribution in [-0.2, 0) is 4.79 Å². The molecule has 0 heterocycles. The van der Waals surface area contributed by atoms with Crippen LogP contribution < -0.4 is 0 Å². The summed E-state index contributed by atoms with van der Waals surface area (Å²) in [5.41, 5.74) is 0. The normalized spacial score (nSPS) is 14.0. The molecular formula is C10H18O2. The van der Waals surface area contributed by atoms with E-state index in [0.717, 1.165) is 6.42 Å². The summed E-state index contributed by atoms with van der Waals surface area (Å²) in [4.78, 5) is 10.3. The fourth-order valence-electron chi connectivity index (χ4n) is 0.964. The molecule has 0 saturated carbocycles. The van der Waals surface area contributed by atoms with Gasteiger partial charge in [-0.3, -0.25) is 4.79 Å². The van der Waals surface area contributed by atoms with Gasteiger partial charge >= 0.3 is 5.97 Å². The van der Waals surface area contributed by atoms with Crippen LogP contribution in [0.2, 0.25) is 0 Å². The molecule has 0 aliphatic carbocycles. The summed E-state index contributed by atoms with van der Waals surface area (Å²) in [5, 5.41) is 8.47. The molecule has 0 bridgehead atoms. The van der Waals surface area contributed by atoms with E-state index in [1.54, 1.807) is 0 Å². The van der Waals surface area contributed by atoms with Crippen molar-refractivity contribution in [3.8, 4) is 0 Å². The van der Waals surface area contributed by atoms with Crippen LogP contribution >= 0.6 is 0 Å². The maximum atomic E-state index is 10.3. The predicted octanol–water partition coefficient (Wildman–Crippen LogP) is 2.70. The zero-order valence-corrected chi connectivity index (χ0v) is 8.08. The third kappa shape index (κ3) is 7.32. The van der Waals surface area contributed by atoms with E-state index in [4.69, 9.17) is 5.11 Å². The van der Waals surface area contributed by atoms with Crippen molar-refractivity contribution < 1.29 is 9.90 Å². The van der Waals surface area contributed by atoms with E-state index < -0.39 is 5.97 Å². The number of allylic oxidation sites excluding steroid dienone is 2. The van der Waals surface area contributed by atoms with Crippen molar-refractivity contribution in [1.82, 2.24) is 0 Å². The summed E-state index contributed by atoms with van der Waals surface area (Å²) in [6, 6.07) is 0. The van der Waals surface area contributed by atoms with Crippen LogP contribution in [0.5, 0.6) is 0 Å². The molecule has 0 fully saturated rings. The van der Waals surface area contributed by atoms with E-state index in [9.17, 15) is 4.79 Å². The lowest BCUT2D eigenvalue weighted by atomic mass is 10.0. The number of hydrogen-bond acceptors (Lipinski definition) is 1. The van der Waals surface area contributed by atoms with Crippen LogP contribution in [0.3, 0.4) is 0 Å². The molecule has 0 radical (unpaired) electrons. The van der Waals surface area contributed by atoms with Crippen molar-refractivity contribution >= 4 is 5.97 Å². The zero-order valence-electron chi connectivity index (χ0n) is 8.08.